The van der Waals surface area contributed by atoms with Crippen molar-refractivity contribution >= 4 is 11.8 Å². The Labute approximate surface area is 118 Å². The van der Waals surface area contributed by atoms with Crippen molar-refractivity contribution in [2.45, 2.75) is 13.3 Å². The maximum absolute atomic E-state index is 11.9. The number of aromatic nitrogens is 1. The maximum Gasteiger partial charge on any atom is 0.355 e. The minimum Gasteiger partial charge on any atom is -0.453 e. The number of ketones is 1. The molecule has 1 heterocycles. The van der Waals surface area contributed by atoms with E-state index < -0.39 is 5.97 Å². The molecule has 4 heteroatoms. The minimum atomic E-state index is -0.490. The van der Waals surface area contributed by atoms with Crippen LogP contribution in [0.4, 0.5) is 0 Å². The molecule has 2 aromatic rings. The first-order valence-electron chi connectivity index (χ1n) is 6.52. The summed E-state index contributed by atoms with van der Waals surface area (Å²) in [4.78, 5) is 23.7. The summed E-state index contributed by atoms with van der Waals surface area (Å²) in [7, 11) is 1.75. The van der Waals surface area contributed by atoms with Crippen LogP contribution in [0, 0.1) is 0 Å². The Bertz CT molecular complexity index is 611. The molecule has 0 bridgehead atoms. The molecule has 1 aromatic carbocycles. The zero-order valence-corrected chi connectivity index (χ0v) is 11.6. The number of carbonyl (C=O) groups excluding carboxylic acids is 2. The third-order valence-corrected chi connectivity index (χ3v) is 3.17. The highest BCUT2D eigenvalue weighted by molar-refractivity contribution is 5.99. The van der Waals surface area contributed by atoms with Crippen LogP contribution >= 0.6 is 0 Å². The molecule has 0 atom stereocenters. The smallest absolute Gasteiger partial charge is 0.355 e. The van der Waals surface area contributed by atoms with Crippen LogP contribution in [0.2, 0.25) is 0 Å². The van der Waals surface area contributed by atoms with Gasteiger partial charge >= 0.3 is 5.97 Å². The highest BCUT2D eigenvalue weighted by Gasteiger charge is 2.13. The van der Waals surface area contributed by atoms with Crippen molar-refractivity contribution in [3.05, 3.63) is 59.4 Å². The molecule has 104 valence electrons. The largest absolute Gasteiger partial charge is 0.453 e. The second kappa shape index (κ2) is 6.19. The van der Waals surface area contributed by atoms with E-state index in [0.29, 0.717) is 11.3 Å². The van der Waals surface area contributed by atoms with Crippen molar-refractivity contribution in [3.8, 4) is 0 Å². The van der Waals surface area contributed by atoms with Gasteiger partial charge in [0.25, 0.3) is 0 Å². The molecule has 0 radical (unpaired) electrons. The summed E-state index contributed by atoms with van der Waals surface area (Å²) >= 11 is 0. The van der Waals surface area contributed by atoms with E-state index in [0.717, 1.165) is 6.42 Å². The van der Waals surface area contributed by atoms with Gasteiger partial charge in [0.05, 0.1) is 0 Å². The van der Waals surface area contributed by atoms with Crippen LogP contribution in [0.5, 0.6) is 0 Å². The zero-order valence-electron chi connectivity index (χ0n) is 11.6. The molecular formula is C16H17NO3. The summed E-state index contributed by atoms with van der Waals surface area (Å²) < 4.78 is 6.69. The average Bonchev–Trinajstić information content (AvgIpc) is 2.90. The molecule has 0 unspecified atom stereocenters. The van der Waals surface area contributed by atoms with Gasteiger partial charge in [0.2, 0.25) is 0 Å². The lowest BCUT2D eigenvalue weighted by molar-refractivity contribution is 0.0465. The van der Waals surface area contributed by atoms with Gasteiger partial charge in [0.15, 0.2) is 12.4 Å². The van der Waals surface area contributed by atoms with E-state index in [1.54, 1.807) is 42.1 Å². The van der Waals surface area contributed by atoms with E-state index in [9.17, 15) is 9.59 Å². The molecule has 0 spiro atoms. The Morgan fingerprint density at radius 3 is 2.40 bits per heavy atom. The quantitative estimate of drug-likeness (QED) is 0.620. The fourth-order valence-corrected chi connectivity index (χ4v) is 1.89. The van der Waals surface area contributed by atoms with Gasteiger partial charge in [-0.05, 0) is 24.1 Å². The Kier molecular flexibility index (Phi) is 4.35. The van der Waals surface area contributed by atoms with Gasteiger partial charge in [-0.1, -0.05) is 31.2 Å². The van der Waals surface area contributed by atoms with E-state index in [1.807, 2.05) is 12.1 Å². The van der Waals surface area contributed by atoms with Crippen LogP contribution in [0.3, 0.4) is 0 Å². The first-order valence-corrected chi connectivity index (χ1v) is 6.52. The standard InChI is InChI=1S/C16H17NO3/c1-3-12-6-8-13(9-7-12)15(18)11-20-16(19)14-5-4-10-17(14)2/h4-10H,3,11H2,1-2H3. The number of esters is 1. The first-order chi connectivity index (χ1) is 9.61. The van der Waals surface area contributed by atoms with Gasteiger partial charge in [-0.25, -0.2) is 4.79 Å². The van der Waals surface area contributed by atoms with Crippen molar-refractivity contribution in [1.29, 1.82) is 0 Å². The topological polar surface area (TPSA) is 48.3 Å². The van der Waals surface area contributed by atoms with Crippen molar-refractivity contribution in [2.24, 2.45) is 7.05 Å². The van der Waals surface area contributed by atoms with E-state index in [4.69, 9.17) is 4.74 Å². The first kappa shape index (κ1) is 14.1. The summed E-state index contributed by atoms with van der Waals surface area (Å²) in [6, 6.07) is 10.7. The second-order valence-corrected chi connectivity index (χ2v) is 4.55. The van der Waals surface area contributed by atoms with Crippen molar-refractivity contribution in [3.63, 3.8) is 0 Å². The van der Waals surface area contributed by atoms with Crippen LogP contribution in [0.1, 0.15) is 33.3 Å². The van der Waals surface area contributed by atoms with Gasteiger partial charge < -0.3 is 9.30 Å². The maximum atomic E-state index is 11.9. The van der Waals surface area contributed by atoms with Crippen LogP contribution in [0.25, 0.3) is 0 Å². The number of hydrogen-bond acceptors (Lipinski definition) is 3. The molecule has 2 rings (SSSR count). The molecule has 0 aliphatic carbocycles. The molecule has 0 amide bonds. The Morgan fingerprint density at radius 2 is 1.85 bits per heavy atom. The Morgan fingerprint density at radius 1 is 1.15 bits per heavy atom. The molecule has 1 aromatic heterocycles. The van der Waals surface area contributed by atoms with Crippen molar-refractivity contribution in [1.82, 2.24) is 4.57 Å². The van der Waals surface area contributed by atoms with E-state index in [2.05, 4.69) is 6.92 Å². The normalized spacial score (nSPS) is 10.3. The average molecular weight is 271 g/mol. The number of rotatable bonds is 5. The van der Waals surface area contributed by atoms with Crippen LogP contribution in [0.15, 0.2) is 42.6 Å². The highest BCUT2D eigenvalue weighted by Crippen LogP contribution is 2.07. The lowest BCUT2D eigenvalue weighted by Gasteiger charge is -2.05. The predicted molar refractivity (Wildman–Crippen MR) is 75.8 cm³/mol. The summed E-state index contributed by atoms with van der Waals surface area (Å²) in [6.45, 7) is 1.81. The van der Waals surface area contributed by atoms with Crippen LogP contribution < -0.4 is 0 Å². The molecule has 0 aliphatic rings. The number of Topliss-reactive ketones (excluding diaryl/α,β-unsaturated/α-hetero) is 1. The van der Waals surface area contributed by atoms with E-state index in [1.165, 1.54) is 5.56 Å². The monoisotopic (exact) mass is 271 g/mol. The van der Waals surface area contributed by atoms with Gasteiger partial charge in [-0.3, -0.25) is 4.79 Å². The van der Waals surface area contributed by atoms with Gasteiger partial charge in [0, 0.05) is 18.8 Å². The summed E-state index contributed by atoms with van der Waals surface area (Å²) in [5, 5.41) is 0. The summed E-state index contributed by atoms with van der Waals surface area (Å²) in [5.41, 5.74) is 2.16. The Balaban J connectivity index is 1.95. The number of hydrogen-bond donors (Lipinski definition) is 0. The van der Waals surface area contributed by atoms with Gasteiger partial charge in [-0.15, -0.1) is 0 Å². The summed E-state index contributed by atoms with van der Waals surface area (Å²) in [5.74, 6) is -0.689. The fraction of sp³-hybridized carbons (Fsp3) is 0.250. The number of carbonyl (C=O) groups is 2. The number of aryl methyl sites for hydroxylation is 2. The number of nitrogens with zero attached hydrogens (tertiary/aromatic N) is 1. The second-order valence-electron chi connectivity index (χ2n) is 4.55. The molecule has 0 aliphatic heterocycles. The SMILES string of the molecule is CCc1ccc(C(=O)COC(=O)c2cccn2C)cc1. The molecule has 0 N–H and O–H groups in total. The molecule has 0 fully saturated rings. The minimum absolute atomic E-state index is 0.199. The molecule has 0 saturated carbocycles. The molecule has 20 heavy (non-hydrogen) atoms. The zero-order chi connectivity index (χ0) is 14.5. The van der Waals surface area contributed by atoms with Crippen LogP contribution in [-0.2, 0) is 18.2 Å². The molecule has 0 saturated heterocycles. The third-order valence-electron chi connectivity index (χ3n) is 3.17. The van der Waals surface area contributed by atoms with Gasteiger partial charge in [0.1, 0.15) is 5.69 Å². The van der Waals surface area contributed by atoms with Crippen molar-refractivity contribution in [2.75, 3.05) is 6.61 Å². The number of ether oxygens (including phenoxy) is 1. The molecule has 4 nitrogen and oxygen atoms in total. The lowest BCUT2D eigenvalue weighted by Crippen LogP contribution is -2.16. The van der Waals surface area contributed by atoms with Crippen LogP contribution in [-0.4, -0.2) is 22.9 Å². The summed E-state index contributed by atoms with van der Waals surface area (Å²) in [6.07, 6.45) is 2.68. The third kappa shape index (κ3) is 3.15. The number of benzene rings is 1. The van der Waals surface area contributed by atoms with Gasteiger partial charge in [-0.2, -0.15) is 0 Å². The van der Waals surface area contributed by atoms with Crippen molar-refractivity contribution < 1.29 is 14.3 Å². The Hall–Kier alpha value is -2.36. The fourth-order valence-electron chi connectivity index (χ4n) is 1.89. The molecular weight excluding hydrogens is 254 g/mol. The lowest BCUT2D eigenvalue weighted by atomic mass is 10.1. The van der Waals surface area contributed by atoms with E-state index in [-0.39, 0.29) is 12.4 Å². The van der Waals surface area contributed by atoms with E-state index >= 15 is 0 Å². The predicted octanol–water partition coefficient (Wildman–Crippen LogP) is 2.63. The highest BCUT2D eigenvalue weighted by atomic mass is 16.5.